The molecule has 0 atom stereocenters. The van der Waals surface area contributed by atoms with E-state index in [1.165, 1.54) is 18.6 Å². The third kappa shape index (κ3) is 27.3. The number of ether oxygens (including phenoxy) is 1. The summed E-state index contributed by atoms with van der Waals surface area (Å²) in [5.41, 5.74) is 0.766. The van der Waals surface area contributed by atoms with Crippen LogP contribution in [0, 0.1) is 0 Å². The van der Waals surface area contributed by atoms with Crippen LogP contribution in [-0.4, -0.2) is 49.9 Å². The first kappa shape index (κ1) is 35.0. The molecule has 1 amide bonds. The summed E-state index contributed by atoms with van der Waals surface area (Å²) in [5, 5.41) is 5.46. The van der Waals surface area contributed by atoms with E-state index >= 15 is 0 Å². The molecule has 1 aliphatic rings. The predicted molar refractivity (Wildman–Crippen MR) is 133 cm³/mol. The second kappa shape index (κ2) is 24.0. The van der Waals surface area contributed by atoms with E-state index in [1.54, 1.807) is 13.8 Å². The summed E-state index contributed by atoms with van der Waals surface area (Å²) in [7, 11) is 0. The Hall–Kier alpha value is -2.65. The monoisotopic (exact) mass is 477 g/mol. The van der Waals surface area contributed by atoms with E-state index < -0.39 is 12.7 Å². The Bertz CT molecular complexity index is 640. The van der Waals surface area contributed by atoms with Crippen LogP contribution in [0.15, 0.2) is 39.0 Å². The molecule has 2 N–H and O–H groups in total. The number of hydrogen-bond acceptors (Lipinski definition) is 6. The van der Waals surface area contributed by atoms with Gasteiger partial charge < -0.3 is 10.1 Å². The van der Waals surface area contributed by atoms with Gasteiger partial charge in [-0.05, 0) is 32.3 Å². The second-order valence-corrected chi connectivity index (χ2v) is 5.99. The van der Waals surface area contributed by atoms with Crippen molar-refractivity contribution in [1.82, 2.24) is 10.6 Å². The molecule has 0 saturated heterocycles. The molecule has 0 fully saturated rings. The van der Waals surface area contributed by atoms with Gasteiger partial charge in [0, 0.05) is 18.6 Å². The van der Waals surface area contributed by atoms with Gasteiger partial charge in [0.1, 0.15) is 18.9 Å². The zero-order chi connectivity index (χ0) is 26.1. The third-order valence-electron chi connectivity index (χ3n) is 3.09. The van der Waals surface area contributed by atoms with E-state index in [-0.39, 0.29) is 12.5 Å². The van der Waals surface area contributed by atoms with Crippen molar-refractivity contribution in [3.63, 3.8) is 0 Å². The highest BCUT2D eigenvalue weighted by Gasteiger charge is 2.25. The number of allylic oxidation sites excluding steroid dienone is 2. The van der Waals surface area contributed by atoms with Crippen LogP contribution in [0.3, 0.4) is 0 Å². The zero-order valence-corrected chi connectivity index (χ0v) is 21.3. The lowest BCUT2D eigenvalue weighted by molar-refractivity contribution is -0.119. The van der Waals surface area contributed by atoms with Crippen molar-refractivity contribution in [2.45, 2.75) is 80.8 Å². The Morgan fingerprint density at radius 1 is 1.24 bits per heavy atom. The van der Waals surface area contributed by atoms with Gasteiger partial charge in [-0.2, -0.15) is 13.2 Å². The number of carbonyl (C=O) groups excluding carboxylic acids is 1. The van der Waals surface area contributed by atoms with Crippen LogP contribution in [0.5, 0.6) is 0 Å². The van der Waals surface area contributed by atoms with Gasteiger partial charge in [0.2, 0.25) is 5.91 Å². The molecule has 0 unspecified atom stereocenters. The van der Waals surface area contributed by atoms with Gasteiger partial charge in [-0.3, -0.25) is 20.1 Å². The van der Waals surface area contributed by atoms with Crippen molar-refractivity contribution in [1.29, 1.82) is 0 Å². The molecule has 1 aliphatic heterocycles. The maximum atomic E-state index is 11.6. The standard InChI is InChI=1S/C11H18N4O2.C8H12F3N.2C2H6/c1-3-4-7-17-11-13-6-5-12-10(16)8-14-9(2)15-11;1-3-4-7(2)5-12-6-8(9,10)11;2*1-2/h5-6H,3-4,7-8H2,1-2H3,(H,12,16)(H,13,14,15);4-5H,3,6H2,1-2H3;2*1-2H3/b6-5+;7-4-,12-5?;;. The Labute approximate surface area is 197 Å². The fraction of sp³-hybridized carbons (Fsp3) is 0.652. The van der Waals surface area contributed by atoms with Crippen molar-refractivity contribution >= 4 is 24.0 Å². The van der Waals surface area contributed by atoms with Gasteiger partial charge in [0.05, 0.1) is 6.61 Å². The second-order valence-electron chi connectivity index (χ2n) is 5.99. The van der Waals surface area contributed by atoms with Gasteiger partial charge in [-0.15, -0.1) is 0 Å². The van der Waals surface area contributed by atoms with Crippen LogP contribution in [0.4, 0.5) is 13.2 Å². The van der Waals surface area contributed by atoms with E-state index in [1.807, 2.05) is 40.7 Å². The number of rotatable bonds is 6. The summed E-state index contributed by atoms with van der Waals surface area (Å²) in [6, 6.07) is 0.395. The van der Waals surface area contributed by atoms with Gasteiger partial charge in [-0.1, -0.05) is 54.0 Å². The van der Waals surface area contributed by atoms with E-state index in [0.29, 0.717) is 18.5 Å². The topological polar surface area (TPSA) is 87.4 Å². The largest absolute Gasteiger partial charge is 0.465 e. The number of aliphatic imine (C=N–C) groups is 3. The average Bonchev–Trinajstić information content (AvgIpc) is 2.77. The van der Waals surface area contributed by atoms with Gasteiger partial charge in [-0.25, -0.2) is 4.99 Å². The van der Waals surface area contributed by atoms with Crippen LogP contribution in [0.25, 0.3) is 0 Å². The summed E-state index contributed by atoms with van der Waals surface area (Å²) >= 11 is 0. The first-order valence-electron chi connectivity index (χ1n) is 11.3. The molecule has 0 radical (unpaired) electrons. The molecular weight excluding hydrogens is 435 g/mol. The van der Waals surface area contributed by atoms with Crippen LogP contribution in [0.2, 0.25) is 0 Å². The fourth-order valence-corrected chi connectivity index (χ4v) is 1.75. The number of unbranched alkanes of at least 4 members (excludes halogenated alkanes) is 1. The van der Waals surface area contributed by atoms with Crippen molar-refractivity contribution in [2.75, 3.05) is 19.7 Å². The molecule has 0 aromatic carbocycles. The minimum Gasteiger partial charge on any atom is -0.465 e. The normalized spacial score (nSPS) is 15.0. The minimum atomic E-state index is -4.19. The van der Waals surface area contributed by atoms with E-state index in [2.05, 4.69) is 32.5 Å². The highest BCUT2D eigenvalue weighted by atomic mass is 19.4. The lowest BCUT2D eigenvalue weighted by atomic mass is 10.3. The molecule has 33 heavy (non-hydrogen) atoms. The number of hydrogen-bond donors (Lipinski definition) is 2. The zero-order valence-electron chi connectivity index (χ0n) is 21.3. The van der Waals surface area contributed by atoms with Crippen LogP contribution >= 0.6 is 0 Å². The van der Waals surface area contributed by atoms with E-state index in [9.17, 15) is 18.0 Å². The van der Waals surface area contributed by atoms with Crippen LogP contribution in [-0.2, 0) is 9.53 Å². The van der Waals surface area contributed by atoms with Crippen molar-refractivity contribution in [3.05, 3.63) is 24.0 Å². The van der Waals surface area contributed by atoms with Gasteiger partial charge >= 0.3 is 6.18 Å². The number of nitrogens with one attached hydrogen (secondary N) is 2. The number of nitrogens with zero attached hydrogens (tertiary/aromatic N) is 3. The van der Waals surface area contributed by atoms with Crippen molar-refractivity contribution in [3.8, 4) is 0 Å². The molecule has 0 aromatic heterocycles. The molecular formula is C23H42F3N5O2. The highest BCUT2D eigenvalue weighted by molar-refractivity contribution is 5.97. The maximum Gasteiger partial charge on any atom is 0.407 e. The molecule has 7 nitrogen and oxygen atoms in total. The predicted octanol–water partition coefficient (Wildman–Crippen LogP) is 5.80. The number of carbonyl (C=O) groups is 1. The molecule has 0 aliphatic carbocycles. The van der Waals surface area contributed by atoms with Gasteiger partial charge in [0.15, 0.2) is 0 Å². The van der Waals surface area contributed by atoms with Gasteiger partial charge in [0.25, 0.3) is 6.02 Å². The molecule has 1 heterocycles. The third-order valence-corrected chi connectivity index (χ3v) is 3.09. The fourth-order valence-electron chi connectivity index (χ4n) is 1.75. The first-order valence-corrected chi connectivity index (χ1v) is 11.3. The Morgan fingerprint density at radius 2 is 1.88 bits per heavy atom. The molecule has 1 rings (SSSR count). The summed E-state index contributed by atoms with van der Waals surface area (Å²) in [6.45, 7) is 15.1. The highest BCUT2D eigenvalue weighted by Crippen LogP contribution is 2.14. The summed E-state index contributed by atoms with van der Waals surface area (Å²) in [5.74, 6) is 0.429. The summed E-state index contributed by atoms with van der Waals surface area (Å²) < 4.78 is 40.1. The summed E-state index contributed by atoms with van der Waals surface area (Å²) in [4.78, 5) is 22.5. The Balaban J connectivity index is -0.000000495. The van der Waals surface area contributed by atoms with Crippen LogP contribution in [0.1, 0.15) is 74.7 Å². The number of halogens is 3. The number of amidine groups is 2. The molecule has 10 heteroatoms. The summed E-state index contributed by atoms with van der Waals surface area (Å²) in [6.07, 6.45) is 4.65. The molecule has 192 valence electrons. The average molecular weight is 478 g/mol. The number of amides is 1. The SMILES string of the molecule is CC.CC.CC/C=C(/C)C=NCC(F)(F)F.CCCCOC1=N/C=C/NC(=O)CN=C(C)N1. The molecule has 0 saturated carbocycles. The Morgan fingerprint density at radius 3 is 2.42 bits per heavy atom. The molecule has 0 bridgehead atoms. The van der Waals surface area contributed by atoms with Crippen molar-refractivity contribution < 1.29 is 22.7 Å². The van der Waals surface area contributed by atoms with E-state index in [0.717, 1.165) is 24.8 Å². The Kier molecular flexibility index (Phi) is 25.4. The maximum absolute atomic E-state index is 11.6. The number of alkyl halides is 3. The smallest absolute Gasteiger partial charge is 0.407 e. The molecule has 0 aromatic rings. The minimum absolute atomic E-state index is 0.0887. The lowest BCUT2D eigenvalue weighted by Gasteiger charge is -2.11. The van der Waals surface area contributed by atoms with E-state index in [4.69, 9.17) is 4.74 Å². The first-order chi connectivity index (χ1) is 15.7. The lowest BCUT2D eigenvalue weighted by Crippen LogP contribution is -2.32. The quantitative estimate of drug-likeness (QED) is 0.375. The van der Waals surface area contributed by atoms with Crippen LogP contribution < -0.4 is 10.6 Å². The van der Waals surface area contributed by atoms with Crippen molar-refractivity contribution in [2.24, 2.45) is 15.0 Å². The molecule has 0 spiro atoms.